The lowest BCUT2D eigenvalue weighted by molar-refractivity contribution is -0.383. The number of aromatic nitrogens is 1. The number of nitro groups is 1. The molecule has 50 heavy (non-hydrogen) atoms. The fourth-order valence-corrected chi connectivity index (χ4v) is 8.88. The number of ether oxygens (including phenoxy) is 1. The second kappa shape index (κ2) is 12.7. The Labute approximate surface area is 287 Å². The molecule has 4 aliphatic rings. The summed E-state index contributed by atoms with van der Waals surface area (Å²) in [6, 6.07) is 8.54. The number of hydrogen-bond donors (Lipinski definition) is 3. The van der Waals surface area contributed by atoms with Gasteiger partial charge in [0.05, 0.1) is 10.4 Å². The van der Waals surface area contributed by atoms with Gasteiger partial charge in [-0.3, -0.25) is 39.0 Å². The van der Waals surface area contributed by atoms with E-state index in [0.29, 0.717) is 11.1 Å². The van der Waals surface area contributed by atoms with Crippen molar-refractivity contribution in [3.63, 3.8) is 0 Å². The summed E-state index contributed by atoms with van der Waals surface area (Å²) < 4.78 is 6.77. The summed E-state index contributed by atoms with van der Waals surface area (Å²) in [5.74, 6) is -4.24. The number of carboxylic acid groups (broad SMARTS) is 1. The Morgan fingerprint density at radius 3 is 2.54 bits per heavy atom. The van der Waals surface area contributed by atoms with E-state index >= 15 is 0 Å². The summed E-state index contributed by atoms with van der Waals surface area (Å²) in [7, 11) is 0. The molecule has 3 aliphatic heterocycles. The molecule has 2 aromatic carbocycles. The van der Waals surface area contributed by atoms with Gasteiger partial charge in [-0.05, 0) is 30.0 Å². The number of nitrogens with zero attached hydrogens (tertiary/aromatic N) is 3. The third kappa shape index (κ3) is 5.39. The minimum absolute atomic E-state index is 0.0547. The van der Waals surface area contributed by atoms with Crippen LogP contribution >= 0.6 is 11.8 Å². The number of rotatable bonds is 9. The number of amides is 3. The van der Waals surface area contributed by atoms with Crippen molar-refractivity contribution in [2.75, 3.05) is 12.4 Å². The first-order chi connectivity index (χ1) is 24.0. The van der Waals surface area contributed by atoms with Gasteiger partial charge in [0.2, 0.25) is 11.3 Å². The number of non-ortho nitro benzene ring substituents is 1. The number of benzene rings is 2. The van der Waals surface area contributed by atoms with E-state index < -0.39 is 63.2 Å². The molecule has 5 unspecified atom stereocenters. The lowest BCUT2D eigenvalue weighted by Gasteiger charge is -2.49. The van der Waals surface area contributed by atoms with Crippen molar-refractivity contribution in [2.45, 2.75) is 62.0 Å². The minimum atomic E-state index is -1.40. The van der Waals surface area contributed by atoms with Crippen molar-refractivity contribution >= 4 is 58.0 Å². The summed E-state index contributed by atoms with van der Waals surface area (Å²) in [4.78, 5) is 91.0. The molecule has 4 heterocycles. The summed E-state index contributed by atoms with van der Waals surface area (Å²) in [6.07, 6.45) is 4.96. The molecule has 5 atom stereocenters. The normalized spacial score (nSPS) is 22.6. The van der Waals surface area contributed by atoms with Crippen LogP contribution < -0.4 is 16.1 Å². The number of β-lactam (4-membered cyclic amide) rings is 1. The molecule has 3 N–H and O–H groups in total. The number of carboxylic acids is 1. The van der Waals surface area contributed by atoms with Crippen LogP contribution in [0.3, 0.4) is 0 Å². The number of nitrogens with one attached hydrogen (secondary N) is 2. The van der Waals surface area contributed by atoms with Gasteiger partial charge in [0.1, 0.15) is 40.7 Å². The third-order valence-electron chi connectivity index (χ3n) is 9.78. The number of carbonyl (C=O) groups excluding carboxylic acids is 4. The highest BCUT2D eigenvalue weighted by molar-refractivity contribution is 8.00. The van der Waals surface area contributed by atoms with Crippen LogP contribution in [0.15, 0.2) is 64.7 Å². The van der Waals surface area contributed by atoms with Gasteiger partial charge in [0.25, 0.3) is 17.5 Å². The molecule has 1 saturated heterocycles. The van der Waals surface area contributed by atoms with Gasteiger partial charge in [-0.2, -0.15) is 0 Å². The van der Waals surface area contributed by atoms with Crippen LogP contribution in [0.2, 0.25) is 0 Å². The number of nitro benzene ring substituents is 1. The highest BCUT2D eigenvalue weighted by Gasteiger charge is 2.54. The summed E-state index contributed by atoms with van der Waals surface area (Å²) in [5, 5.41) is 26.3. The molecule has 0 radical (unpaired) electrons. The Morgan fingerprint density at radius 1 is 1.10 bits per heavy atom. The van der Waals surface area contributed by atoms with E-state index in [-0.39, 0.29) is 46.5 Å². The van der Waals surface area contributed by atoms with E-state index in [1.54, 1.807) is 41.0 Å². The molecule has 1 aliphatic carbocycles. The highest BCUT2D eigenvalue weighted by atomic mass is 32.2. The fourth-order valence-electron chi connectivity index (χ4n) is 7.55. The van der Waals surface area contributed by atoms with Gasteiger partial charge in [0, 0.05) is 42.5 Å². The minimum Gasteiger partial charge on any atom is -0.477 e. The van der Waals surface area contributed by atoms with Gasteiger partial charge >= 0.3 is 11.9 Å². The predicted molar refractivity (Wildman–Crippen MR) is 178 cm³/mol. The molecular weight excluding hydrogens is 670 g/mol. The molecule has 3 aromatic rings. The van der Waals surface area contributed by atoms with E-state index in [4.69, 9.17) is 4.74 Å². The van der Waals surface area contributed by atoms with Crippen molar-refractivity contribution in [3.8, 4) is 0 Å². The lowest BCUT2D eigenvalue weighted by atomic mass is 9.82. The molecule has 1 saturated carbocycles. The quantitative estimate of drug-likeness (QED) is 0.128. The lowest BCUT2D eigenvalue weighted by Crippen LogP contribution is -2.71. The molecule has 0 spiro atoms. The zero-order valence-corrected chi connectivity index (χ0v) is 27.4. The van der Waals surface area contributed by atoms with Crippen molar-refractivity contribution in [2.24, 2.45) is 0 Å². The van der Waals surface area contributed by atoms with E-state index in [9.17, 15) is 44.0 Å². The second-order valence-electron chi connectivity index (χ2n) is 12.6. The molecular formula is C34H31N5O10S. The number of esters is 1. The van der Waals surface area contributed by atoms with Crippen LogP contribution in [0.5, 0.6) is 0 Å². The molecule has 7 rings (SSSR count). The average Bonchev–Trinajstić information content (AvgIpc) is 3.43. The van der Waals surface area contributed by atoms with Crippen LogP contribution in [0.4, 0.5) is 5.69 Å². The van der Waals surface area contributed by atoms with Gasteiger partial charge in [-0.25, -0.2) is 4.79 Å². The Balaban J connectivity index is 1.19. The first kappa shape index (κ1) is 33.0. The molecule has 1 aromatic heterocycles. The van der Waals surface area contributed by atoms with Crippen molar-refractivity contribution < 1.29 is 38.7 Å². The summed E-state index contributed by atoms with van der Waals surface area (Å²) in [6.45, 7) is 0.877. The van der Waals surface area contributed by atoms with Crippen molar-refractivity contribution in [3.05, 3.63) is 97.0 Å². The summed E-state index contributed by atoms with van der Waals surface area (Å²) >= 11 is 1.18. The Kier molecular flexibility index (Phi) is 8.41. The largest absolute Gasteiger partial charge is 0.477 e. The third-order valence-corrected chi connectivity index (χ3v) is 11.1. The Morgan fingerprint density at radius 2 is 1.84 bits per heavy atom. The molecule has 258 valence electrons. The monoisotopic (exact) mass is 701 g/mol. The smallest absolute Gasteiger partial charge is 0.352 e. The number of hydrogen-bond acceptors (Lipinski definition) is 10. The standard InChI is InChI=1S/C34H31N5O10S/c1-16(40)49-14-18-15-50-33-26(32(44)38(33)27(18)34(45)46)36-31(43)25(17-7-3-2-4-8-17)35-30(42)21-13-37-22-10-6-5-9-19(22)20-11-12-23(39(47)48)24(28(20)37)29(21)41/h2-4,7-8,11-13,19,22,25-26,33H,5-6,9-10,14-15H2,1H3,(H,35,42)(H,36,43)(H,45,46). The molecule has 2 fully saturated rings. The highest BCUT2D eigenvalue weighted by Crippen LogP contribution is 2.50. The van der Waals surface area contributed by atoms with Gasteiger partial charge in [-0.1, -0.05) is 43.2 Å². The molecule has 16 heteroatoms. The Hall–Kier alpha value is -5.51. The predicted octanol–water partition coefficient (Wildman–Crippen LogP) is 2.89. The maximum atomic E-state index is 14.0. The molecule has 15 nitrogen and oxygen atoms in total. The first-order valence-electron chi connectivity index (χ1n) is 16.0. The van der Waals surface area contributed by atoms with E-state index in [1.807, 2.05) is 0 Å². The van der Waals surface area contributed by atoms with Gasteiger partial charge in [-0.15, -0.1) is 11.8 Å². The number of aliphatic carboxylic acids is 1. The van der Waals surface area contributed by atoms with E-state index in [2.05, 4.69) is 10.6 Å². The number of carbonyl (C=O) groups is 5. The van der Waals surface area contributed by atoms with Crippen LogP contribution in [0, 0.1) is 10.1 Å². The topological polar surface area (TPSA) is 207 Å². The average molecular weight is 702 g/mol. The maximum Gasteiger partial charge on any atom is 0.352 e. The van der Waals surface area contributed by atoms with Crippen LogP contribution in [0.25, 0.3) is 10.9 Å². The molecule has 3 amide bonds. The first-order valence-corrected chi connectivity index (χ1v) is 17.1. The zero-order valence-electron chi connectivity index (χ0n) is 26.6. The maximum absolute atomic E-state index is 14.0. The van der Waals surface area contributed by atoms with Crippen LogP contribution in [0.1, 0.15) is 72.1 Å². The number of thioether (sulfide) groups is 1. The SMILES string of the molecule is CC(=O)OCC1=C(C(=O)O)N2C(=O)C(NC(=O)C(NC(=O)c3cn4c5c(ccc([N+](=O)[O-])c5c3=O)C3CCCCC34)c3ccccc3)C2SC1. The number of pyridine rings is 1. The zero-order chi connectivity index (χ0) is 35.4. The molecule has 0 bridgehead atoms. The van der Waals surface area contributed by atoms with Gasteiger partial charge < -0.3 is 25.0 Å². The van der Waals surface area contributed by atoms with E-state index in [1.165, 1.54) is 30.9 Å². The number of fused-ring (bicyclic) bond motifs is 4. The van der Waals surface area contributed by atoms with Crippen LogP contribution in [-0.4, -0.2) is 72.9 Å². The van der Waals surface area contributed by atoms with Crippen molar-refractivity contribution in [1.29, 1.82) is 0 Å². The van der Waals surface area contributed by atoms with Gasteiger partial charge in [0.15, 0.2) is 0 Å². The summed E-state index contributed by atoms with van der Waals surface area (Å²) in [5.41, 5.74) is -0.0358. The Bertz CT molecular complexity index is 2100. The van der Waals surface area contributed by atoms with E-state index in [0.717, 1.165) is 36.1 Å². The second-order valence-corrected chi connectivity index (χ2v) is 13.7. The van der Waals surface area contributed by atoms with Crippen molar-refractivity contribution in [1.82, 2.24) is 20.1 Å². The van der Waals surface area contributed by atoms with Crippen LogP contribution in [-0.2, 0) is 23.9 Å². The fraction of sp³-hybridized carbons (Fsp3) is 0.353.